The fourth-order valence-electron chi connectivity index (χ4n) is 0.239. The van der Waals surface area contributed by atoms with Gasteiger partial charge in [-0.2, -0.15) is 0 Å². The Morgan fingerprint density at radius 3 is 2.57 bits per heavy atom. The molecule has 7 heavy (non-hydrogen) atoms. The molecule has 0 aromatic heterocycles. The smallest absolute Gasteiger partial charge is 0.120 e. The molecular weight excluding hydrogens is 92.1 g/mol. The summed E-state index contributed by atoms with van der Waals surface area (Å²) in [4.78, 5) is 9.66. The summed E-state index contributed by atoms with van der Waals surface area (Å²) in [7, 11) is 0. The Bertz CT molecular complexity index is 52.0. The zero-order chi connectivity index (χ0) is 5.70. The quantitative estimate of drug-likeness (QED) is 0.517. The highest BCUT2D eigenvalue weighted by Crippen LogP contribution is 1.94. The molecule has 0 aliphatic carbocycles. The summed E-state index contributed by atoms with van der Waals surface area (Å²) in [6.07, 6.45) is 1.29. The van der Waals surface area contributed by atoms with Crippen LogP contribution in [0.25, 0.3) is 0 Å². The first-order valence-electron chi connectivity index (χ1n) is 2.35. The maximum Gasteiger partial charge on any atom is 0.120 e. The largest absolute Gasteiger partial charge is 0.396 e. The Labute approximate surface area is 43.2 Å². The van der Waals surface area contributed by atoms with Crippen LogP contribution in [0.2, 0.25) is 0 Å². The second kappa shape index (κ2) is 3.81. The fraction of sp³-hybridized carbons (Fsp3) is 0.800. The molecule has 1 unspecified atom stereocenters. The Balaban J connectivity index is 2.98. The lowest BCUT2D eigenvalue weighted by Gasteiger charge is -1.97. The van der Waals surface area contributed by atoms with Crippen molar-refractivity contribution in [2.75, 3.05) is 6.61 Å². The van der Waals surface area contributed by atoms with Gasteiger partial charge in [0, 0.05) is 13.0 Å². The van der Waals surface area contributed by atoms with Crippen molar-refractivity contribution < 1.29 is 9.90 Å². The van der Waals surface area contributed by atoms with Crippen molar-refractivity contribution >= 4 is 6.29 Å². The van der Waals surface area contributed by atoms with E-state index in [9.17, 15) is 4.79 Å². The molecule has 0 saturated carbocycles. The first-order chi connectivity index (χ1) is 3.31. The summed E-state index contributed by atoms with van der Waals surface area (Å²) in [6, 6.07) is 0. The van der Waals surface area contributed by atoms with Crippen LogP contribution in [-0.2, 0) is 4.79 Å². The molecule has 0 aliphatic rings. The Kier molecular flexibility index (Phi) is 3.61. The molecule has 0 aliphatic heterocycles. The van der Waals surface area contributed by atoms with Crippen LogP contribution < -0.4 is 0 Å². The van der Waals surface area contributed by atoms with E-state index in [1.807, 2.05) is 6.92 Å². The summed E-state index contributed by atoms with van der Waals surface area (Å²) in [5.74, 6) is 0.137. The maximum atomic E-state index is 9.66. The van der Waals surface area contributed by atoms with Crippen LogP contribution in [0, 0.1) is 5.92 Å². The molecule has 1 N–H and O–H groups in total. The van der Waals surface area contributed by atoms with Gasteiger partial charge in [0.05, 0.1) is 0 Å². The van der Waals surface area contributed by atoms with Gasteiger partial charge in [-0.1, -0.05) is 6.92 Å². The zero-order valence-corrected chi connectivity index (χ0v) is 4.42. The van der Waals surface area contributed by atoms with Crippen LogP contribution >= 0.6 is 0 Å². The van der Waals surface area contributed by atoms with Crippen molar-refractivity contribution in [1.82, 2.24) is 0 Å². The van der Waals surface area contributed by atoms with Crippen LogP contribution in [-0.4, -0.2) is 18.0 Å². The van der Waals surface area contributed by atoms with E-state index >= 15 is 0 Å². The van der Waals surface area contributed by atoms with Crippen LogP contribution in [0.4, 0.5) is 0 Å². The van der Waals surface area contributed by atoms with Crippen molar-refractivity contribution in [3.05, 3.63) is 0 Å². The van der Waals surface area contributed by atoms with Crippen molar-refractivity contribution in [1.29, 1.82) is 0 Å². The summed E-state index contributed by atoms with van der Waals surface area (Å²) < 4.78 is 0. The van der Waals surface area contributed by atoms with Crippen molar-refractivity contribution in [3.63, 3.8) is 0 Å². The Morgan fingerprint density at radius 2 is 2.43 bits per heavy atom. The van der Waals surface area contributed by atoms with Gasteiger partial charge >= 0.3 is 0 Å². The first kappa shape index (κ1) is 6.63. The minimum atomic E-state index is 0.110. The number of hydrogen-bond donors (Lipinski definition) is 1. The second-order valence-electron chi connectivity index (χ2n) is 1.69. The van der Waals surface area contributed by atoms with Crippen molar-refractivity contribution in [3.8, 4) is 0 Å². The normalized spacial score (nSPS) is 13.4. The standard InChI is InChI=1S/C5H10O2/c1-5(4-7)2-3-6/h3,5,7H,2,4H2,1H3. The molecular formula is C5H10O2. The maximum absolute atomic E-state index is 9.66. The van der Waals surface area contributed by atoms with Gasteiger partial charge in [-0.3, -0.25) is 0 Å². The molecule has 0 aromatic rings. The summed E-state index contributed by atoms with van der Waals surface area (Å²) in [5.41, 5.74) is 0. The third-order valence-electron chi connectivity index (χ3n) is 0.810. The number of carbonyl (C=O) groups is 1. The minimum Gasteiger partial charge on any atom is -0.396 e. The SMILES string of the molecule is CC(CO)CC=O. The predicted molar refractivity (Wildman–Crippen MR) is 26.9 cm³/mol. The fourth-order valence-corrected chi connectivity index (χ4v) is 0.239. The van der Waals surface area contributed by atoms with E-state index in [1.54, 1.807) is 0 Å². The van der Waals surface area contributed by atoms with Gasteiger partial charge in [0.1, 0.15) is 6.29 Å². The first-order valence-corrected chi connectivity index (χ1v) is 2.35. The Hall–Kier alpha value is -0.370. The van der Waals surface area contributed by atoms with Gasteiger partial charge < -0.3 is 9.90 Å². The topological polar surface area (TPSA) is 37.3 Å². The molecule has 0 amide bonds. The lowest BCUT2D eigenvalue weighted by atomic mass is 10.1. The molecule has 0 heterocycles. The molecule has 1 atom stereocenters. The number of rotatable bonds is 3. The third kappa shape index (κ3) is 3.46. The van der Waals surface area contributed by atoms with E-state index in [1.165, 1.54) is 0 Å². The van der Waals surface area contributed by atoms with Crippen LogP contribution in [0.1, 0.15) is 13.3 Å². The van der Waals surface area contributed by atoms with Crippen LogP contribution in [0.5, 0.6) is 0 Å². The van der Waals surface area contributed by atoms with Gasteiger partial charge in [-0.25, -0.2) is 0 Å². The highest BCUT2D eigenvalue weighted by molar-refractivity contribution is 5.49. The minimum absolute atomic E-state index is 0.110. The summed E-state index contributed by atoms with van der Waals surface area (Å²) in [6.45, 7) is 1.94. The van der Waals surface area contributed by atoms with E-state index in [0.717, 1.165) is 6.29 Å². The number of carbonyl (C=O) groups excluding carboxylic acids is 1. The van der Waals surface area contributed by atoms with Gasteiger partial charge in [0.25, 0.3) is 0 Å². The van der Waals surface area contributed by atoms with Crippen molar-refractivity contribution in [2.24, 2.45) is 5.92 Å². The summed E-state index contributed by atoms with van der Waals surface area (Å²) >= 11 is 0. The molecule has 0 aromatic carbocycles. The molecule has 0 bridgehead atoms. The van der Waals surface area contributed by atoms with Gasteiger partial charge in [-0.15, -0.1) is 0 Å². The van der Waals surface area contributed by atoms with Crippen molar-refractivity contribution in [2.45, 2.75) is 13.3 Å². The van der Waals surface area contributed by atoms with Crippen LogP contribution in [0.15, 0.2) is 0 Å². The molecule has 0 saturated heterocycles. The highest BCUT2D eigenvalue weighted by Gasteiger charge is 1.94. The van der Waals surface area contributed by atoms with Gasteiger partial charge in [0.15, 0.2) is 0 Å². The average molecular weight is 102 g/mol. The van der Waals surface area contributed by atoms with E-state index in [4.69, 9.17) is 5.11 Å². The van der Waals surface area contributed by atoms with E-state index in [0.29, 0.717) is 6.42 Å². The molecule has 0 radical (unpaired) electrons. The van der Waals surface area contributed by atoms with Gasteiger partial charge in [0.2, 0.25) is 0 Å². The molecule has 0 spiro atoms. The molecule has 2 nitrogen and oxygen atoms in total. The number of aliphatic hydroxyl groups is 1. The molecule has 42 valence electrons. The number of hydrogen-bond acceptors (Lipinski definition) is 2. The number of aliphatic hydroxyl groups excluding tert-OH is 1. The third-order valence-corrected chi connectivity index (χ3v) is 0.810. The summed E-state index contributed by atoms with van der Waals surface area (Å²) in [5, 5.41) is 8.31. The average Bonchev–Trinajstić information content (AvgIpc) is 1.68. The van der Waals surface area contributed by atoms with E-state index in [-0.39, 0.29) is 12.5 Å². The second-order valence-corrected chi connectivity index (χ2v) is 1.69. The van der Waals surface area contributed by atoms with E-state index < -0.39 is 0 Å². The van der Waals surface area contributed by atoms with Crippen LogP contribution in [0.3, 0.4) is 0 Å². The number of aldehydes is 1. The lowest BCUT2D eigenvalue weighted by molar-refractivity contribution is -0.108. The lowest BCUT2D eigenvalue weighted by Crippen LogP contribution is -1.99. The molecule has 0 fully saturated rings. The Morgan fingerprint density at radius 1 is 1.86 bits per heavy atom. The predicted octanol–water partition coefficient (Wildman–Crippen LogP) is 0.204. The zero-order valence-electron chi connectivity index (χ0n) is 4.42. The molecule has 0 rings (SSSR count). The monoisotopic (exact) mass is 102 g/mol. The van der Waals surface area contributed by atoms with E-state index in [2.05, 4.69) is 0 Å². The highest BCUT2D eigenvalue weighted by atomic mass is 16.3. The van der Waals surface area contributed by atoms with Gasteiger partial charge in [-0.05, 0) is 5.92 Å². The molecule has 2 heteroatoms.